The summed E-state index contributed by atoms with van der Waals surface area (Å²) in [6.45, 7) is 0. The van der Waals surface area contributed by atoms with Gasteiger partial charge in [0.2, 0.25) is 11.9 Å². The number of rotatable bonds is 4. The molecule has 1 amide bonds. The van der Waals surface area contributed by atoms with Crippen LogP contribution in [0.5, 0.6) is 0 Å². The Morgan fingerprint density at radius 1 is 1.25 bits per heavy atom. The maximum Gasteiger partial charge on any atom is 0.335 e. The molecule has 1 aliphatic rings. The van der Waals surface area contributed by atoms with Gasteiger partial charge >= 0.3 is 5.97 Å². The van der Waals surface area contributed by atoms with Crippen LogP contribution >= 0.6 is 0 Å². The number of nitrogen functional groups attached to an aromatic ring is 2. The van der Waals surface area contributed by atoms with Gasteiger partial charge in [-0.25, -0.2) is 4.79 Å². The highest BCUT2D eigenvalue weighted by atomic mass is 16.4. The SMILES string of the molecule is Nc1nc(N)c2c(n1)NC(=O)C(CCc1ccc(C(=O)O)cc1)C2. The van der Waals surface area contributed by atoms with Crippen molar-refractivity contribution in [3.63, 3.8) is 0 Å². The number of aryl methyl sites for hydroxylation is 1. The van der Waals surface area contributed by atoms with E-state index in [2.05, 4.69) is 15.3 Å². The second-order valence-electron chi connectivity index (χ2n) is 5.73. The molecule has 124 valence electrons. The fourth-order valence-electron chi connectivity index (χ4n) is 2.77. The monoisotopic (exact) mass is 327 g/mol. The minimum atomic E-state index is -0.959. The largest absolute Gasteiger partial charge is 0.478 e. The van der Waals surface area contributed by atoms with Crippen molar-refractivity contribution in [2.24, 2.45) is 5.92 Å². The topological polar surface area (TPSA) is 144 Å². The van der Waals surface area contributed by atoms with Crippen molar-refractivity contribution in [2.75, 3.05) is 16.8 Å². The van der Waals surface area contributed by atoms with E-state index < -0.39 is 5.97 Å². The minimum Gasteiger partial charge on any atom is -0.478 e. The van der Waals surface area contributed by atoms with E-state index in [4.69, 9.17) is 16.6 Å². The van der Waals surface area contributed by atoms with Gasteiger partial charge in [0.1, 0.15) is 11.6 Å². The van der Waals surface area contributed by atoms with Crippen LogP contribution in [0.25, 0.3) is 0 Å². The molecule has 2 aromatic rings. The lowest BCUT2D eigenvalue weighted by atomic mass is 9.89. The highest BCUT2D eigenvalue weighted by Crippen LogP contribution is 2.30. The van der Waals surface area contributed by atoms with Crippen LogP contribution in [0, 0.1) is 5.92 Å². The molecule has 0 spiro atoms. The number of nitrogens with zero attached hydrogens (tertiary/aromatic N) is 2. The van der Waals surface area contributed by atoms with Gasteiger partial charge < -0.3 is 21.9 Å². The summed E-state index contributed by atoms with van der Waals surface area (Å²) in [6.07, 6.45) is 1.73. The van der Waals surface area contributed by atoms with E-state index >= 15 is 0 Å². The first kappa shape index (κ1) is 15.7. The smallest absolute Gasteiger partial charge is 0.335 e. The predicted molar refractivity (Wildman–Crippen MR) is 88.4 cm³/mol. The molecule has 1 atom stereocenters. The Morgan fingerprint density at radius 2 is 1.96 bits per heavy atom. The van der Waals surface area contributed by atoms with Crippen LogP contribution in [0.15, 0.2) is 24.3 Å². The van der Waals surface area contributed by atoms with Gasteiger partial charge in [-0.3, -0.25) is 4.79 Å². The molecule has 0 aliphatic carbocycles. The zero-order valence-electron chi connectivity index (χ0n) is 12.8. The number of hydrogen-bond donors (Lipinski definition) is 4. The highest BCUT2D eigenvalue weighted by Gasteiger charge is 2.29. The number of carboxylic acids is 1. The summed E-state index contributed by atoms with van der Waals surface area (Å²) in [6, 6.07) is 6.64. The number of amides is 1. The molecule has 1 aromatic carbocycles. The highest BCUT2D eigenvalue weighted by molar-refractivity contribution is 5.95. The number of anilines is 3. The van der Waals surface area contributed by atoms with Crippen LogP contribution in [0.3, 0.4) is 0 Å². The number of aromatic nitrogens is 2. The summed E-state index contributed by atoms with van der Waals surface area (Å²) in [5.74, 6) is -0.628. The average Bonchev–Trinajstić information content (AvgIpc) is 2.53. The van der Waals surface area contributed by atoms with Crippen LogP contribution in [-0.4, -0.2) is 27.0 Å². The Balaban J connectivity index is 1.69. The van der Waals surface area contributed by atoms with Crippen LogP contribution in [0.1, 0.15) is 27.9 Å². The van der Waals surface area contributed by atoms with Gasteiger partial charge in [-0.15, -0.1) is 0 Å². The lowest BCUT2D eigenvalue weighted by Crippen LogP contribution is -2.32. The summed E-state index contributed by atoms with van der Waals surface area (Å²) in [5, 5.41) is 11.6. The first-order valence-electron chi connectivity index (χ1n) is 7.49. The van der Waals surface area contributed by atoms with Gasteiger partial charge in [0.25, 0.3) is 0 Å². The summed E-state index contributed by atoms with van der Waals surface area (Å²) in [5.41, 5.74) is 13.3. The second kappa shape index (κ2) is 6.15. The van der Waals surface area contributed by atoms with E-state index in [0.29, 0.717) is 30.6 Å². The number of aromatic carboxylic acids is 1. The summed E-state index contributed by atoms with van der Waals surface area (Å²) in [7, 11) is 0. The number of nitrogens with one attached hydrogen (secondary N) is 1. The fourth-order valence-corrected chi connectivity index (χ4v) is 2.77. The lowest BCUT2D eigenvalue weighted by Gasteiger charge is -2.24. The number of carbonyl (C=O) groups is 2. The molecule has 8 heteroatoms. The number of hydrogen-bond acceptors (Lipinski definition) is 6. The molecule has 8 nitrogen and oxygen atoms in total. The molecule has 24 heavy (non-hydrogen) atoms. The Morgan fingerprint density at radius 3 is 2.62 bits per heavy atom. The van der Waals surface area contributed by atoms with Gasteiger partial charge in [-0.05, 0) is 37.0 Å². The molecule has 1 aliphatic heterocycles. The van der Waals surface area contributed by atoms with Gasteiger partial charge in [0.05, 0.1) is 5.56 Å². The Labute approximate surface area is 137 Å². The van der Waals surface area contributed by atoms with Crippen molar-refractivity contribution >= 4 is 29.5 Å². The molecular formula is C16H17N5O3. The number of carboxylic acid groups (broad SMARTS) is 1. The van der Waals surface area contributed by atoms with Crippen LogP contribution in [0.4, 0.5) is 17.6 Å². The molecular weight excluding hydrogens is 310 g/mol. The fraction of sp³-hybridized carbons (Fsp3) is 0.250. The van der Waals surface area contributed by atoms with Crippen molar-refractivity contribution in [3.8, 4) is 0 Å². The maximum atomic E-state index is 12.2. The lowest BCUT2D eigenvalue weighted by molar-refractivity contribution is -0.120. The third-order valence-electron chi connectivity index (χ3n) is 4.10. The first-order chi connectivity index (χ1) is 11.4. The van der Waals surface area contributed by atoms with Gasteiger partial charge in [-0.2, -0.15) is 9.97 Å². The van der Waals surface area contributed by atoms with Crippen LogP contribution in [-0.2, 0) is 17.6 Å². The van der Waals surface area contributed by atoms with E-state index in [1.54, 1.807) is 24.3 Å². The second-order valence-corrected chi connectivity index (χ2v) is 5.73. The average molecular weight is 327 g/mol. The standard InChI is InChI=1S/C16H17N5O3/c17-12-11-7-10(14(22)20-13(11)21-16(18)19-12)6-3-8-1-4-9(5-2-8)15(23)24/h1-2,4-5,10H,3,6-7H2,(H,23,24)(H5,17,18,19,20,21,22). The molecule has 6 N–H and O–H groups in total. The number of benzene rings is 1. The van der Waals surface area contributed by atoms with E-state index in [0.717, 1.165) is 5.56 Å². The molecule has 0 radical (unpaired) electrons. The third-order valence-corrected chi connectivity index (χ3v) is 4.10. The maximum absolute atomic E-state index is 12.2. The van der Waals surface area contributed by atoms with E-state index in [9.17, 15) is 9.59 Å². The minimum absolute atomic E-state index is 0.0310. The molecule has 1 unspecified atom stereocenters. The Bertz CT molecular complexity index is 804. The number of nitrogens with two attached hydrogens (primary N) is 2. The van der Waals surface area contributed by atoms with Gasteiger partial charge in [0.15, 0.2) is 0 Å². The van der Waals surface area contributed by atoms with E-state index in [-0.39, 0.29) is 29.2 Å². The van der Waals surface area contributed by atoms with Gasteiger partial charge in [0, 0.05) is 11.5 Å². The zero-order valence-corrected chi connectivity index (χ0v) is 12.8. The molecule has 3 rings (SSSR count). The number of fused-ring (bicyclic) bond motifs is 1. The van der Waals surface area contributed by atoms with Crippen molar-refractivity contribution < 1.29 is 14.7 Å². The summed E-state index contributed by atoms with van der Waals surface area (Å²) >= 11 is 0. The van der Waals surface area contributed by atoms with Crippen LogP contribution < -0.4 is 16.8 Å². The molecule has 0 saturated carbocycles. The molecule has 2 heterocycles. The summed E-state index contributed by atoms with van der Waals surface area (Å²) < 4.78 is 0. The van der Waals surface area contributed by atoms with Crippen molar-refractivity contribution in [1.29, 1.82) is 0 Å². The predicted octanol–water partition coefficient (Wildman–Crippen LogP) is 1.08. The van der Waals surface area contributed by atoms with Crippen molar-refractivity contribution in [3.05, 3.63) is 41.0 Å². The van der Waals surface area contributed by atoms with E-state index in [1.165, 1.54) is 0 Å². The molecule has 0 saturated heterocycles. The Hall–Kier alpha value is -3.16. The van der Waals surface area contributed by atoms with E-state index in [1.807, 2.05) is 0 Å². The number of carbonyl (C=O) groups excluding carboxylic acids is 1. The normalized spacial score (nSPS) is 16.3. The quantitative estimate of drug-likeness (QED) is 0.657. The molecule has 0 bridgehead atoms. The van der Waals surface area contributed by atoms with Crippen molar-refractivity contribution in [2.45, 2.75) is 19.3 Å². The third kappa shape index (κ3) is 3.12. The summed E-state index contributed by atoms with van der Waals surface area (Å²) in [4.78, 5) is 31.0. The molecule has 1 aromatic heterocycles. The molecule has 0 fully saturated rings. The first-order valence-corrected chi connectivity index (χ1v) is 7.49. The van der Waals surface area contributed by atoms with Crippen LogP contribution in [0.2, 0.25) is 0 Å². The van der Waals surface area contributed by atoms with Gasteiger partial charge in [-0.1, -0.05) is 12.1 Å². The Kier molecular flexibility index (Phi) is 4.03. The van der Waals surface area contributed by atoms with Crippen molar-refractivity contribution in [1.82, 2.24) is 9.97 Å². The zero-order chi connectivity index (χ0) is 17.3.